The lowest BCUT2D eigenvalue weighted by molar-refractivity contribution is -0.146. The van der Waals surface area contributed by atoms with E-state index in [1.54, 1.807) is 0 Å². The largest absolute Gasteiger partial charge is 0.458 e. The normalized spacial score (nSPS) is 12.8. The van der Waals surface area contributed by atoms with E-state index in [0.29, 0.717) is 6.42 Å². The molecule has 0 aliphatic heterocycles. The molecule has 0 heterocycles. The molecule has 238 valence electrons. The lowest BCUT2D eigenvalue weighted by Crippen LogP contribution is -2.16. The third-order valence-corrected chi connectivity index (χ3v) is 7.87. The van der Waals surface area contributed by atoms with Crippen LogP contribution >= 0.6 is 0 Å². The van der Waals surface area contributed by atoms with Crippen molar-refractivity contribution in [3.63, 3.8) is 0 Å². The zero-order chi connectivity index (χ0) is 30.6. The summed E-state index contributed by atoms with van der Waals surface area (Å²) in [5.74, 6) is -0.0377. The number of unbranched alkanes of at least 4 members (excludes halogenated alkanes) is 15. The fraction of sp³-hybridized carbons (Fsp3) is 0.769. The fourth-order valence-corrected chi connectivity index (χ4v) is 5.19. The molecule has 0 aliphatic rings. The fourth-order valence-electron chi connectivity index (χ4n) is 5.19. The standard InChI is InChI=1S/C39H70O2/c1-8-9-10-11-12-13-14-15-16-17-18-19-20-21-22-23-30-39(40)41-38(33-37(7)29-25-27-35(4)5)32-31-36(6)28-24-26-34(2)3/h26-27,31,33,38H,8-25,28-30,32H2,1-7H3. The Labute approximate surface area is 257 Å². The van der Waals surface area contributed by atoms with Crippen molar-refractivity contribution in [2.75, 3.05) is 0 Å². The van der Waals surface area contributed by atoms with Crippen LogP contribution in [0.15, 0.2) is 46.6 Å². The summed E-state index contributed by atoms with van der Waals surface area (Å²) < 4.78 is 5.98. The smallest absolute Gasteiger partial charge is 0.306 e. The Morgan fingerprint density at radius 2 is 0.951 bits per heavy atom. The number of carbonyl (C=O) groups is 1. The van der Waals surface area contributed by atoms with E-state index in [4.69, 9.17) is 4.74 Å². The van der Waals surface area contributed by atoms with Crippen LogP contribution in [0.1, 0.15) is 190 Å². The number of allylic oxidation sites excluding steroid dienone is 6. The molecule has 0 bridgehead atoms. The van der Waals surface area contributed by atoms with Crippen molar-refractivity contribution < 1.29 is 9.53 Å². The average Bonchev–Trinajstić information content (AvgIpc) is 2.91. The molecule has 0 radical (unpaired) electrons. The van der Waals surface area contributed by atoms with Crippen molar-refractivity contribution in [2.45, 2.75) is 196 Å². The maximum absolute atomic E-state index is 12.7. The van der Waals surface area contributed by atoms with Crippen LogP contribution in [0.25, 0.3) is 0 Å². The molecule has 2 nitrogen and oxygen atoms in total. The van der Waals surface area contributed by atoms with E-state index < -0.39 is 0 Å². The molecular weight excluding hydrogens is 500 g/mol. The van der Waals surface area contributed by atoms with Crippen LogP contribution in [-0.2, 0) is 9.53 Å². The van der Waals surface area contributed by atoms with E-state index in [9.17, 15) is 4.79 Å². The van der Waals surface area contributed by atoms with Crippen LogP contribution in [0.3, 0.4) is 0 Å². The number of carbonyl (C=O) groups excluding carboxylic acids is 1. The van der Waals surface area contributed by atoms with Crippen molar-refractivity contribution in [3.8, 4) is 0 Å². The third-order valence-electron chi connectivity index (χ3n) is 7.87. The van der Waals surface area contributed by atoms with Crippen molar-refractivity contribution in [1.82, 2.24) is 0 Å². The second kappa shape index (κ2) is 28.5. The van der Waals surface area contributed by atoms with Gasteiger partial charge in [0.25, 0.3) is 0 Å². The van der Waals surface area contributed by atoms with E-state index in [1.807, 2.05) is 0 Å². The summed E-state index contributed by atoms with van der Waals surface area (Å²) in [5, 5.41) is 0. The van der Waals surface area contributed by atoms with E-state index in [1.165, 1.54) is 112 Å². The zero-order valence-corrected chi connectivity index (χ0v) is 28.8. The minimum absolute atomic E-state index is 0.0377. The number of rotatable bonds is 27. The Morgan fingerprint density at radius 3 is 1.39 bits per heavy atom. The molecule has 0 rings (SSSR count). The summed E-state index contributed by atoms with van der Waals surface area (Å²) in [5.41, 5.74) is 5.40. The highest BCUT2D eigenvalue weighted by atomic mass is 16.5. The molecule has 0 aromatic carbocycles. The maximum Gasteiger partial charge on any atom is 0.306 e. The first-order chi connectivity index (χ1) is 19.7. The van der Waals surface area contributed by atoms with Gasteiger partial charge < -0.3 is 4.74 Å². The number of hydrogen-bond acceptors (Lipinski definition) is 2. The molecule has 1 atom stereocenters. The monoisotopic (exact) mass is 571 g/mol. The van der Waals surface area contributed by atoms with Gasteiger partial charge in [-0.05, 0) is 79.7 Å². The summed E-state index contributed by atoms with van der Waals surface area (Å²) in [6.45, 7) is 15.2. The number of esters is 1. The first-order valence-corrected chi connectivity index (χ1v) is 17.5. The van der Waals surface area contributed by atoms with Gasteiger partial charge in [0, 0.05) is 12.8 Å². The van der Waals surface area contributed by atoms with Gasteiger partial charge in [0.2, 0.25) is 0 Å². The highest BCUT2D eigenvalue weighted by molar-refractivity contribution is 5.69. The highest BCUT2D eigenvalue weighted by Gasteiger charge is 2.12. The quantitative estimate of drug-likeness (QED) is 0.0557. The predicted octanol–water partition coefficient (Wildman–Crippen LogP) is 13.3. The van der Waals surface area contributed by atoms with Crippen LogP contribution in [0.2, 0.25) is 0 Å². The molecule has 0 spiro atoms. The SMILES string of the molecule is CCCCCCCCCCCCCCCCCCC(=O)OC(C=C(C)CCC=C(C)C)CC=C(C)CCC=C(C)C. The Balaban J connectivity index is 4.23. The average molecular weight is 571 g/mol. The third kappa shape index (κ3) is 29.7. The zero-order valence-electron chi connectivity index (χ0n) is 28.8. The molecule has 0 aromatic rings. The molecule has 0 saturated heterocycles. The number of ether oxygens (including phenoxy) is 1. The lowest BCUT2D eigenvalue weighted by Gasteiger charge is -2.15. The van der Waals surface area contributed by atoms with Gasteiger partial charge in [-0.2, -0.15) is 0 Å². The van der Waals surface area contributed by atoms with E-state index in [0.717, 1.165) is 44.9 Å². The van der Waals surface area contributed by atoms with Crippen molar-refractivity contribution in [1.29, 1.82) is 0 Å². The molecule has 0 aliphatic carbocycles. The molecule has 0 amide bonds. The Hall–Kier alpha value is -1.57. The van der Waals surface area contributed by atoms with Gasteiger partial charge in [-0.3, -0.25) is 4.79 Å². The molecule has 41 heavy (non-hydrogen) atoms. The van der Waals surface area contributed by atoms with Gasteiger partial charge >= 0.3 is 5.97 Å². The predicted molar refractivity (Wildman–Crippen MR) is 184 cm³/mol. The second-order valence-corrected chi connectivity index (χ2v) is 13.0. The van der Waals surface area contributed by atoms with Crippen LogP contribution in [0.5, 0.6) is 0 Å². The van der Waals surface area contributed by atoms with Crippen LogP contribution in [0.4, 0.5) is 0 Å². The summed E-state index contributed by atoms with van der Waals surface area (Å²) in [7, 11) is 0. The molecular formula is C39H70O2. The van der Waals surface area contributed by atoms with Gasteiger partial charge in [0.15, 0.2) is 0 Å². The molecule has 0 saturated carbocycles. The van der Waals surface area contributed by atoms with Gasteiger partial charge in [-0.15, -0.1) is 0 Å². The summed E-state index contributed by atoms with van der Waals surface area (Å²) in [6, 6.07) is 0. The Kier molecular flexibility index (Phi) is 27.5. The molecule has 0 aromatic heterocycles. The van der Waals surface area contributed by atoms with E-state index >= 15 is 0 Å². The maximum atomic E-state index is 12.7. The highest BCUT2D eigenvalue weighted by Crippen LogP contribution is 2.17. The summed E-state index contributed by atoms with van der Waals surface area (Å²) in [6.07, 6.45) is 35.9. The summed E-state index contributed by atoms with van der Waals surface area (Å²) >= 11 is 0. The molecule has 1 unspecified atom stereocenters. The molecule has 0 N–H and O–H groups in total. The minimum Gasteiger partial charge on any atom is -0.458 e. The van der Waals surface area contributed by atoms with Gasteiger partial charge in [-0.1, -0.05) is 144 Å². The van der Waals surface area contributed by atoms with Gasteiger partial charge in [0.05, 0.1) is 0 Å². The minimum atomic E-state index is -0.159. The summed E-state index contributed by atoms with van der Waals surface area (Å²) in [4.78, 5) is 12.7. The van der Waals surface area contributed by atoms with Crippen LogP contribution in [-0.4, -0.2) is 12.1 Å². The van der Waals surface area contributed by atoms with Crippen molar-refractivity contribution in [2.24, 2.45) is 0 Å². The Bertz CT molecular complexity index is 744. The van der Waals surface area contributed by atoms with Crippen molar-refractivity contribution >= 4 is 5.97 Å². The molecule has 2 heteroatoms. The second-order valence-electron chi connectivity index (χ2n) is 13.0. The van der Waals surface area contributed by atoms with E-state index in [-0.39, 0.29) is 12.1 Å². The molecule has 0 fully saturated rings. The first-order valence-electron chi connectivity index (χ1n) is 17.5. The Morgan fingerprint density at radius 1 is 0.537 bits per heavy atom. The van der Waals surface area contributed by atoms with Gasteiger partial charge in [-0.25, -0.2) is 0 Å². The van der Waals surface area contributed by atoms with Crippen molar-refractivity contribution in [3.05, 3.63) is 46.6 Å². The first kappa shape index (κ1) is 39.4. The lowest BCUT2D eigenvalue weighted by atomic mass is 10.0. The van der Waals surface area contributed by atoms with E-state index in [2.05, 4.69) is 72.8 Å². The number of hydrogen-bond donors (Lipinski definition) is 0. The van der Waals surface area contributed by atoms with Gasteiger partial charge in [0.1, 0.15) is 6.10 Å². The van der Waals surface area contributed by atoms with Crippen LogP contribution in [0, 0.1) is 0 Å². The van der Waals surface area contributed by atoms with Crippen LogP contribution < -0.4 is 0 Å². The topological polar surface area (TPSA) is 26.3 Å².